The number of pyridine rings is 1. The molecule has 0 radical (unpaired) electrons. The van der Waals surface area contributed by atoms with E-state index in [1.165, 1.54) is 6.07 Å². The maximum absolute atomic E-state index is 11.6. The van der Waals surface area contributed by atoms with E-state index in [2.05, 4.69) is 0 Å². The lowest BCUT2D eigenvalue weighted by Crippen LogP contribution is -2.16. The van der Waals surface area contributed by atoms with Gasteiger partial charge in [-0.25, -0.2) is 0 Å². The summed E-state index contributed by atoms with van der Waals surface area (Å²) < 4.78 is 6.86. The van der Waals surface area contributed by atoms with Crippen molar-refractivity contribution >= 4 is 0 Å². The number of hydrogen-bond donors (Lipinski definition) is 0. The Kier molecular flexibility index (Phi) is 3.67. The normalized spacial score (nSPS) is 9.95. The molecule has 0 N–H and O–H groups in total. The highest BCUT2D eigenvalue weighted by Crippen LogP contribution is 2.25. The smallest absolute Gasteiger partial charge is 0.250 e. The second-order valence-corrected chi connectivity index (χ2v) is 4.23. The van der Waals surface area contributed by atoms with Crippen LogP contribution in [0.15, 0.2) is 41.2 Å². The van der Waals surface area contributed by atoms with Gasteiger partial charge in [0.15, 0.2) is 6.61 Å². The maximum Gasteiger partial charge on any atom is 0.250 e. The van der Waals surface area contributed by atoms with E-state index in [0.717, 1.165) is 16.8 Å². The first-order valence-corrected chi connectivity index (χ1v) is 5.90. The number of rotatable bonds is 3. The van der Waals surface area contributed by atoms with Crippen LogP contribution < -0.4 is 10.3 Å². The number of nitrogens with zero attached hydrogens (tertiary/aromatic N) is 2. The average Bonchev–Trinajstić information content (AvgIpc) is 2.40. The lowest BCUT2D eigenvalue weighted by Gasteiger charge is -2.12. The van der Waals surface area contributed by atoms with Gasteiger partial charge in [0, 0.05) is 18.7 Å². The van der Waals surface area contributed by atoms with Crippen LogP contribution in [0.3, 0.4) is 0 Å². The van der Waals surface area contributed by atoms with Crippen LogP contribution in [-0.4, -0.2) is 11.2 Å². The van der Waals surface area contributed by atoms with E-state index in [1.54, 1.807) is 23.7 Å². The first kappa shape index (κ1) is 12.9. The molecule has 4 heteroatoms. The van der Waals surface area contributed by atoms with Gasteiger partial charge >= 0.3 is 0 Å². The SMILES string of the molecule is Cc1cc(OCC#N)ccc1-c1cccc(=O)n1C. The molecule has 1 aromatic heterocycles. The Labute approximate surface area is 111 Å². The molecule has 0 bridgehead atoms. The van der Waals surface area contributed by atoms with Gasteiger partial charge in [-0.2, -0.15) is 5.26 Å². The van der Waals surface area contributed by atoms with E-state index in [-0.39, 0.29) is 12.2 Å². The molecule has 2 aromatic rings. The average molecular weight is 254 g/mol. The largest absolute Gasteiger partial charge is 0.479 e. The zero-order chi connectivity index (χ0) is 13.8. The quantitative estimate of drug-likeness (QED) is 0.844. The first-order chi connectivity index (χ1) is 9.13. The van der Waals surface area contributed by atoms with Crippen molar-refractivity contribution in [1.29, 1.82) is 5.26 Å². The highest BCUT2D eigenvalue weighted by Gasteiger charge is 2.07. The predicted molar refractivity (Wildman–Crippen MR) is 73.0 cm³/mol. The van der Waals surface area contributed by atoms with Gasteiger partial charge in [-0.3, -0.25) is 4.79 Å². The third kappa shape index (κ3) is 2.66. The highest BCUT2D eigenvalue weighted by molar-refractivity contribution is 5.65. The third-order valence-corrected chi connectivity index (χ3v) is 2.96. The summed E-state index contributed by atoms with van der Waals surface area (Å²) in [5.74, 6) is 0.656. The molecule has 0 fully saturated rings. The van der Waals surface area contributed by atoms with Gasteiger partial charge in [-0.15, -0.1) is 0 Å². The predicted octanol–water partition coefficient (Wildman–Crippen LogP) is 2.26. The first-order valence-electron chi connectivity index (χ1n) is 5.90. The van der Waals surface area contributed by atoms with Gasteiger partial charge < -0.3 is 9.30 Å². The number of hydrogen-bond acceptors (Lipinski definition) is 3. The second-order valence-electron chi connectivity index (χ2n) is 4.23. The molecule has 0 aliphatic heterocycles. The molecule has 0 aliphatic rings. The molecule has 0 amide bonds. The van der Waals surface area contributed by atoms with Crippen LogP contribution in [0.25, 0.3) is 11.3 Å². The summed E-state index contributed by atoms with van der Waals surface area (Å²) in [4.78, 5) is 11.6. The Bertz CT molecular complexity index is 696. The van der Waals surface area contributed by atoms with E-state index < -0.39 is 0 Å². The Morgan fingerprint density at radius 2 is 2.11 bits per heavy atom. The minimum absolute atomic E-state index is 0.0304. The molecular weight excluding hydrogens is 240 g/mol. The number of ether oxygens (including phenoxy) is 1. The standard InChI is InChI=1S/C15H14N2O2/c1-11-10-12(19-9-8-16)6-7-13(11)14-4-3-5-15(18)17(14)2/h3-7,10H,9H2,1-2H3. The Morgan fingerprint density at radius 1 is 1.32 bits per heavy atom. The maximum atomic E-state index is 11.6. The molecule has 96 valence electrons. The molecule has 19 heavy (non-hydrogen) atoms. The van der Waals surface area contributed by atoms with Gasteiger partial charge in [-0.05, 0) is 36.8 Å². The number of aryl methyl sites for hydroxylation is 1. The second kappa shape index (κ2) is 5.40. The van der Waals surface area contributed by atoms with Gasteiger partial charge in [0.25, 0.3) is 5.56 Å². The topological polar surface area (TPSA) is 55.0 Å². The molecule has 0 spiro atoms. The third-order valence-electron chi connectivity index (χ3n) is 2.96. The van der Waals surface area contributed by atoms with Crippen LogP contribution >= 0.6 is 0 Å². The van der Waals surface area contributed by atoms with E-state index in [1.807, 2.05) is 31.2 Å². The fourth-order valence-electron chi connectivity index (χ4n) is 1.96. The summed E-state index contributed by atoms with van der Waals surface area (Å²) in [5, 5.41) is 8.48. The van der Waals surface area contributed by atoms with Gasteiger partial charge in [-0.1, -0.05) is 6.07 Å². The van der Waals surface area contributed by atoms with Crippen molar-refractivity contribution in [2.45, 2.75) is 6.92 Å². The van der Waals surface area contributed by atoms with Crippen molar-refractivity contribution in [3.63, 3.8) is 0 Å². The Balaban J connectivity index is 2.44. The Morgan fingerprint density at radius 3 is 2.79 bits per heavy atom. The number of nitriles is 1. The van der Waals surface area contributed by atoms with E-state index >= 15 is 0 Å². The molecule has 2 rings (SSSR count). The van der Waals surface area contributed by atoms with Crippen LogP contribution in [0.1, 0.15) is 5.56 Å². The molecule has 0 aliphatic carbocycles. The van der Waals surface area contributed by atoms with Gasteiger partial charge in [0.2, 0.25) is 0 Å². The van der Waals surface area contributed by atoms with Gasteiger partial charge in [0.05, 0.1) is 5.69 Å². The minimum atomic E-state index is -0.0401. The molecule has 4 nitrogen and oxygen atoms in total. The summed E-state index contributed by atoms with van der Waals surface area (Å²) in [5.41, 5.74) is 2.79. The lowest BCUT2D eigenvalue weighted by molar-refractivity contribution is 0.368. The molecule has 0 unspecified atom stereocenters. The number of benzene rings is 1. The number of aromatic nitrogens is 1. The summed E-state index contributed by atoms with van der Waals surface area (Å²) in [6, 6.07) is 12.7. The summed E-state index contributed by atoms with van der Waals surface area (Å²) in [6.07, 6.45) is 0. The summed E-state index contributed by atoms with van der Waals surface area (Å²) in [6.45, 7) is 1.98. The zero-order valence-electron chi connectivity index (χ0n) is 10.9. The van der Waals surface area contributed by atoms with Crippen LogP contribution in [0, 0.1) is 18.3 Å². The van der Waals surface area contributed by atoms with Crippen LogP contribution in [-0.2, 0) is 7.05 Å². The van der Waals surface area contributed by atoms with Gasteiger partial charge in [0.1, 0.15) is 11.8 Å². The van der Waals surface area contributed by atoms with E-state index in [4.69, 9.17) is 10.00 Å². The zero-order valence-corrected chi connectivity index (χ0v) is 10.9. The van der Waals surface area contributed by atoms with E-state index in [9.17, 15) is 4.79 Å². The van der Waals surface area contributed by atoms with Crippen LogP contribution in [0.2, 0.25) is 0 Å². The minimum Gasteiger partial charge on any atom is -0.479 e. The highest BCUT2D eigenvalue weighted by atomic mass is 16.5. The van der Waals surface area contributed by atoms with Crippen molar-refractivity contribution in [1.82, 2.24) is 4.57 Å². The van der Waals surface area contributed by atoms with Crippen molar-refractivity contribution in [2.75, 3.05) is 6.61 Å². The lowest BCUT2D eigenvalue weighted by atomic mass is 10.0. The van der Waals surface area contributed by atoms with Crippen molar-refractivity contribution in [3.8, 4) is 23.1 Å². The van der Waals surface area contributed by atoms with Crippen LogP contribution in [0.4, 0.5) is 0 Å². The molecule has 0 atom stereocenters. The summed E-state index contributed by atoms with van der Waals surface area (Å²) >= 11 is 0. The molecule has 0 saturated carbocycles. The van der Waals surface area contributed by atoms with Crippen molar-refractivity contribution in [3.05, 3.63) is 52.3 Å². The molecule has 1 heterocycles. The molecule has 1 aromatic carbocycles. The molecule has 0 saturated heterocycles. The van der Waals surface area contributed by atoms with Crippen molar-refractivity contribution < 1.29 is 4.74 Å². The van der Waals surface area contributed by atoms with Crippen LogP contribution in [0.5, 0.6) is 5.75 Å². The van der Waals surface area contributed by atoms with Crippen molar-refractivity contribution in [2.24, 2.45) is 7.05 Å². The monoisotopic (exact) mass is 254 g/mol. The Hall–Kier alpha value is -2.54. The fourth-order valence-corrected chi connectivity index (χ4v) is 1.96. The fraction of sp³-hybridized carbons (Fsp3) is 0.200. The van der Waals surface area contributed by atoms with E-state index in [0.29, 0.717) is 5.75 Å². The summed E-state index contributed by atoms with van der Waals surface area (Å²) in [7, 11) is 1.75. The molecular formula is C15H14N2O2.